The van der Waals surface area contributed by atoms with Crippen molar-refractivity contribution in [2.45, 2.75) is 38.1 Å². The smallest absolute Gasteiger partial charge is 0.354 e. The van der Waals surface area contributed by atoms with Gasteiger partial charge in [0.25, 0.3) is 0 Å². The van der Waals surface area contributed by atoms with Gasteiger partial charge in [0.2, 0.25) is 11.8 Å². The van der Waals surface area contributed by atoms with Crippen LogP contribution in [0.5, 0.6) is 0 Å². The lowest BCUT2D eigenvalue weighted by molar-refractivity contribution is -0.145. The fraction of sp³-hybridized carbons (Fsp3) is 0.375. The molecule has 33 heavy (non-hydrogen) atoms. The molecule has 1 aliphatic rings. The Kier molecular flexibility index (Phi) is 10.2. The van der Waals surface area contributed by atoms with E-state index < -0.39 is 17.9 Å². The third kappa shape index (κ3) is 7.76. The fourth-order valence-corrected chi connectivity index (χ4v) is 3.88. The molecule has 0 aromatic heterocycles. The van der Waals surface area contributed by atoms with Crippen molar-refractivity contribution in [3.05, 3.63) is 65.7 Å². The van der Waals surface area contributed by atoms with E-state index in [9.17, 15) is 14.4 Å². The van der Waals surface area contributed by atoms with Crippen molar-refractivity contribution in [3.8, 4) is 0 Å². The number of halogens is 1. The van der Waals surface area contributed by atoms with Gasteiger partial charge in [0.1, 0.15) is 6.04 Å². The van der Waals surface area contributed by atoms with Crippen LogP contribution in [0.3, 0.4) is 0 Å². The first-order valence-electron chi connectivity index (χ1n) is 10.9. The summed E-state index contributed by atoms with van der Waals surface area (Å²) in [5.41, 5.74) is 15.3. The second-order valence-electron chi connectivity index (χ2n) is 8.17. The zero-order valence-electron chi connectivity index (χ0n) is 18.4. The summed E-state index contributed by atoms with van der Waals surface area (Å²) in [5.74, 6) is -0.937. The van der Waals surface area contributed by atoms with Crippen molar-refractivity contribution in [2.24, 2.45) is 23.3 Å². The van der Waals surface area contributed by atoms with E-state index in [1.807, 2.05) is 30.3 Å². The Morgan fingerprint density at radius 3 is 2.18 bits per heavy atom. The summed E-state index contributed by atoms with van der Waals surface area (Å²) in [6.07, 6.45) is 3.69. The molecular weight excluding hydrogens is 444 g/mol. The van der Waals surface area contributed by atoms with Gasteiger partial charge >= 0.3 is 5.97 Å². The Hall–Kier alpha value is -3.10. The Labute approximate surface area is 199 Å². The van der Waals surface area contributed by atoms with E-state index in [4.69, 9.17) is 16.3 Å². The normalized spacial score (nSPS) is 18.3. The van der Waals surface area contributed by atoms with Gasteiger partial charge in [-0.2, -0.15) is 0 Å². The van der Waals surface area contributed by atoms with Crippen LogP contribution in [0.2, 0.25) is 0 Å². The minimum absolute atomic E-state index is 0. The van der Waals surface area contributed by atoms with Gasteiger partial charge in [-0.15, -0.1) is 12.4 Å². The molecule has 0 heterocycles. The summed E-state index contributed by atoms with van der Waals surface area (Å²) in [6.45, 7) is 0.642. The van der Waals surface area contributed by atoms with Gasteiger partial charge in [0.05, 0.1) is 5.69 Å². The van der Waals surface area contributed by atoms with Crippen LogP contribution in [0.4, 0.5) is 5.69 Å². The highest BCUT2D eigenvalue weighted by Gasteiger charge is 2.30. The number of carbonyl (C=O) groups excluding carboxylic acids is 3. The molecule has 1 aliphatic carbocycles. The number of rotatable bonds is 9. The van der Waals surface area contributed by atoms with Crippen molar-refractivity contribution in [1.29, 1.82) is 0 Å². The number of nitrogens with one attached hydrogen (secondary N) is 2. The monoisotopic (exact) mass is 474 g/mol. The van der Waals surface area contributed by atoms with Gasteiger partial charge in [0.15, 0.2) is 0 Å². The highest BCUT2D eigenvalue weighted by atomic mass is 35.5. The largest absolute Gasteiger partial charge is 0.366 e. The van der Waals surface area contributed by atoms with E-state index in [0.29, 0.717) is 30.1 Å². The minimum Gasteiger partial charge on any atom is -0.366 e. The van der Waals surface area contributed by atoms with Crippen LogP contribution in [-0.2, 0) is 20.8 Å². The number of hydrogen-bond donors (Lipinski definition) is 4. The maximum Gasteiger partial charge on any atom is 0.354 e. The van der Waals surface area contributed by atoms with Gasteiger partial charge < -0.3 is 21.6 Å². The second-order valence-corrected chi connectivity index (χ2v) is 8.17. The third-order valence-electron chi connectivity index (χ3n) is 5.87. The molecule has 2 aromatic rings. The molecule has 3 rings (SSSR count). The number of carbonyl (C=O) groups is 3. The molecule has 0 spiro atoms. The fourth-order valence-electron chi connectivity index (χ4n) is 3.88. The van der Waals surface area contributed by atoms with Crippen molar-refractivity contribution in [2.75, 3.05) is 12.0 Å². The molecule has 1 fully saturated rings. The van der Waals surface area contributed by atoms with Crippen molar-refractivity contribution < 1.29 is 19.2 Å². The molecule has 0 aliphatic heterocycles. The van der Waals surface area contributed by atoms with Crippen molar-refractivity contribution in [3.63, 3.8) is 0 Å². The molecule has 0 bridgehead atoms. The average molecular weight is 475 g/mol. The minimum atomic E-state index is -0.838. The molecule has 178 valence electrons. The lowest BCUT2D eigenvalue weighted by atomic mass is 9.81. The number of amides is 2. The standard InChI is InChI=1S/C24H30N4O4.ClH/c25-15-17-6-8-19(9-7-17)23(30)27-21(14-16-4-2-1-3-5-16)24(31)32-28-20-12-10-18(11-13-20)22(26)29;/h1-5,10-13,17,19,21,28H,6-9,14-15,25H2,(H2,26,29)(H,27,30);1H/t17?,19?,21-;/m0./s1. The summed E-state index contributed by atoms with van der Waals surface area (Å²) in [4.78, 5) is 42.1. The van der Waals surface area contributed by atoms with Gasteiger partial charge in [-0.1, -0.05) is 30.3 Å². The molecular formula is C24H31ClN4O4. The summed E-state index contributed by atoms with van der Waals surface area (Å²) in [6, 6.07) is 14.8. The van der Waals surface area contributed by atoms with Gasteiger partial charge in [0, 0.05) is 17.9 Å². The lowest BCUT2D eigenvalue weighted by Crippen LogP contribution is -2.47. The van der Waals surface area contributed by atoms with Gasteiger partial charge in [-0.3, -0.25) is 9.59 Å². The Bertz CT molecular complexity index is 916. The highest BCUT2D eigenvalue weighted by Crippen LogP contribution is 2.28. The molecule has 1 atom stereocenters. The van der Waals surface area contributed by atoms with E-state index in [2.05, 4.69) is 10.8 Å². The van der Waals surface area contributed by atoms with Crippen molar-refractivity contribution in [1.82, 2.24) is 5.32 Å². The molecule has 6 N–H and O–H groups in total. The Morgan fingerprint density at radius 1 is 0.970 bits per heavy atom. The van der Waals surface area contributed by atoms with Gasteiger partial charge in [-0.25, -0.2) is 10.3 Å². The Balaban J connectivity index is 0.00000385. The topological polar surface area (TPSA) is 137 Å². The average Bonchev–Trinajstić information content (AvgIpc) is 2.83. The summed E-state index contributed by atoms with van der Waals surface area (Å²) >= 11 is 0. The summed E-state index contributed by atoms with van der Waals surface area (Å²) in [7, 11) is 0. The van der Waals surface area contributed by atoms with E-state index in [1.54, 1.807) is 12.1 Å². The first-order valence-corrected chi connectivity index (χ1v) is 10.9. The molecule has 0 unspecified atom stereocenters. The number of nitrogens with two attached hydrogens (primary N) is 2. The molecule has 2 amide bonds. The maximum atomic E-state index is 12.9. The highest BCUT2D eigenvalue weighted by molar-refractivity contribution is 5.93. The van der Waals surface area contributed by atoms with E-state index in [1.165, 1.54) is 12.1 Å². The molecule has 0 saturated heterocycles. The lowest BCUT2D eigenvalue weighted by Gasteiger charge is -2.28. The number of hydrogen-bond acceptors (Lipinski definition) is 6. The number of primary amides is 1. The van der Waals surface area contributed by atoms with Gasteiger partial charge in [-0.05, 0) is 68.0 Å². The van der Waals surface area contributed by atoms with Crippen LogP contribution in [-0.4, -0.2) is 30.4 Å². The van der Waals surface area contributed by atoms with E-state index in [0.717, 1.165) is 31.2 Å². The zero-order chi connectivity index (χ0) is 22.9. The maximum absolute atomic E-state index is 12.9. The third-order valence-corrected chi connectivity index (χ3v) is 5.87. The SMILES string of the molecule is Cl.NCC1CCC(C(=O)N[C@@H](Cc2ccccc2)C(=O)ONc2ccc(C(N)=O)cc2)CC1. The number of anilines is 1. The van der Waals surface area contributed by atoms with E-state index in [-0.39, 0.29) is 24.2 Å². The Morgan fingerprint density at radius 2 is 1.61 bits per heavy atom. The quantitative estimate of drug-likeness (QED) is 0.412. The first kappa shape index (κ1) is 26.2. The number of benzene rings is 2. The summed E-state index contributed by atoms with van der Waals surface area (Å²) in [5, 5.41) is 2.88. The molecule has 8 nitrogen and oxygen atoms in total. The van der Waals surface area contributed by atoms with E-state index >= 15 is 0 Å². The molecule has 9 heteroatoms. The predicted octanol–water partition coefficient (Wildman–Crippen LogP) is 2.57. The molecule has 0 radical (unpaired) electrons. The van der Waals surface area contributed by atoms with Crippen LogP contribution in [0.15, 0.2) is 54.6 Å². The molecule has 2 aromatic carbocycles. The predicted molar refractivity (Wildman–Crippen MR) is 129 cm³/mol. The van der Waals surface area contributed by atoms with Crippen LogP contribution >= 0.6 is 12.4 Å². The van der Waals surface area contributed by atoms with Crippen molar-refractivity contribution >= 4 is 35.9 Å². The zero-order valence-corrected chi connectivity index (χ0v) is 19.2. The van der Waals surface area contributed by atoms with Crippen LogP contribution in [0, 0.1) is 11.8 Å². The van der Waals surface area contributed by atoms with Crippen LogP contribution in [0.25, 0.3) is 0 Å². The van der Waals surface area contributed by atoms with Crippen LogP contribution < -0.4 is 22.3 Å². The summed E-state index contributed by atoms with van der Waals surface area (Å²) < 4.78 is 0. The van der Waals surface area contributed by atoms with Crippen LogP contribution in [0.1, 0.15) is 41.6 Å². The first-order chi connectivity index (χ1) is 15.5. The second kappa shape index (κ2) is 12.8. The molecule has 1 saturated carbocycles.